The van der Waals surface area contributed by atoms with Crippen molar-refractivity contribution in [2.75, 3.05) is 32.7 Å². The fourth-order valence-corrected chi connectivity index (χ4v) is 2.78. The molecule has 0 amide bonds. The third kappa shape index (κ3) is 5.29. The number of piperidine rings is 1. The minimum absolute atomic E-state index is 0.534. The first-order valence-electron chi connectivity index (χ1n) is 8.26. The second-order valence-corrected chi connectivity index (χ2v) is 5.97. The lowest BCUT2D eigenvalue weighted by atomic mass is 10.0. The van der Waals surface area contributed by atoms with Crippen LogP contribution in [0.15, 0.2) is 11.3 Å². The highest BCUT2D eigenvalue weighted by Gasteiger charge is 2.15. The first kappa shape index (κ1) is 16.7. The van der Waals surface area contributed by atoms with Gasteiger partial charge in [-0.15, -0.1) is 0 Å². The molecule has 7 nitrogen and oxygen atoms in total. The van der Waals surface area contributed by atoms with Crippen LogP contribution in [0.4, 0.5) is 0 Å². The Kier molecular flexibility index (Phi) is 6.64. The van der Waals surface area contributed by atoms with Gasteiger partial charge < -0.3 is 15.5 Å². The van der Waals surface area contributed by atoms with Gasteiger partial charge in [-0.05, 0) is 32.2 Å². The maximum Gasteiger partial charge on any atom is 0.191 e. The summed E-state index contributed by atoms with van der Waals surface area (Å²) in [5.41, 5.74) is 0. The number of hydrogen-bond acceptors (Lipinski definition) is 4. The van der Waals surface area contributed by atoms with Gasteiger partial charge in [-0.3, -0.25) is 4.68 Å². The standard InChI is InChI=1S/C15H29N7/c1-4-16-15(18-10-14-19-12-20-21(14)3)17-7-9-22-8-5-6-13(2)11-22/h12-13H,4-11H2,1-3H3,(H2,16,17,18). The Balaban J connectivity index is 1.77. The van der Waals surface area contributed by atoms with Crippen LogP contribution in [0.5, 0.6) is 0 Å². The van der Waals surface area contributed by atoms with Crippen LogP contribution < -0.4 is 10.6 Å². The van der Waals surface area contributed by atoms with Crippen LogP contribution in [-0.4, -0.2) is 58.3 Å². The number of aromatic nitrogens is 3. The van der Waals surface area contributed by atoms with E-state index in [-0.39, 0.29) is 0 Å². The van der Waals surface area contributed by atoms with E-state index in [1.807, 2.05) is 7.05 Å². The van der Waals surface area contributed by atoms with Crippen molar-refractivity contribution in [3.05, 3.63) is 12.2 Å². The predicted octanol–water partition coefficient (Wildman–Crippen LogP) is 0.602. The van der Waals surface area contributed by atoms with Gasteiger partial charge in [0.25, 0.3) is 0 Å². The molecule has 1 aromatic rings. The Bertz CT molecular complexity index is 468. The molecule has 2 N–H and O–H groups in total. The molecule has 1 atom stereocenters. The van der Waals surface area contributed by atoms with Gasteiger partial charge in [-0.25, -0.2) is 9.98 Å². The maximum absolute atomic E-state index is 4.57. The number of aryl methyl sites for hydroxylation is 1. The Hall–Kier alpha value is -1.63. The molecule has 7 heteroatoms. The number of aliphatic imine (C=N–C) groups is 1. The lowest BCUT2D eigenvalue weighted by Gasteiger charge is -2.30. The first-order valence-corrected chi connectivity index (χ1v) is 8.26. The van der Waals surface area contributed by atoms with Crippen LogP contribution in [0.3, 0.4) is 0 Å². The van der Waals surface area contributed by atoms with Gasteiger partial charge in [0.2, 0.25) is 0 Å². The highest BCUT2D eigenvalue weighted by Crippen LogP contribution is 2.14. The van der Waals surface area contributed by atoms with Crippen LogP contribution in [-0.2, 0) is 13.6 Å². The molecule has 0 radical (unpaired) electrons. The second kappa shape index (κ2) is 8.73. The molecule has 1 aromatic heterocycles. The molecule has 1 fully saturated rings. The lowest BCUT2D eigenvalue weighted by Crippen LogP contribution is -2.43. The zero-order chi connectivity index (χ0) is 15.8. The summed E-state index contributed by atoms with van der Waals surface area (Å²) in [6.07, 6.45) is 4.25. The van der Waals surface area contributed by atoms with E-state index >= 15 is 0 Å². The molecule has 0 aromatic carbocycles. The summed E-state index contributed by atoms with van der Waals surface area (Å²) in [6.45, 7) is 10.2. The number of guanidine groups is 1. The molecule has 2 heterocycles. The fraction of sp³-hybridized carbons (Fsp3) is 0.800. The minimum Gasteiger partial charge on any atom is -0.357 e. The molecule has 1 aliphatic heterocycles. The van der Waals surface area contributed by atoms with E-state index in [9.17, 15) is 0 Å². The first-order chi connectivity index (χ1) is 10.7. The van der Waals surface area contributed by atoms with E-state index in [1.54, 1.807) is 11.0 Å². The van der Waals surface area contributed by atoms with Crippen molar-refractivity contribution in [2.45, 2.75) is 33.2 Å². The van der Waals surface area contributed by atoms with E-state index in [0.717, 1.165) is 37.3 Å². The lowest BCUT2D eigenvalue weighted by molar-refractivity contribution is 0.187. The second-order valence-electron chi connectivity index (χ2n) is 5.97. The molecule has 1 unspecified atom stereocenters. The molecule has 1 aliphatic rings. The minimum atomic E-state index is 0.534. The summed E-state index contributed by atoms with van der Waals surface area (Å²) in [6, 6.07) is 0. The Labute approximate surface area is 133 Å². The van der Waals surface area contributed by atoms with Crippen molar-refractivity contribution in [3.8, 4) is 0 Å². The quantitative estimate of drug-likeness (QED) is 0.595. The monoisotopic (exact) mass is 307 g/mol. The van der Waals surface area contributed by atoms with Crippen molar-refractivity contribution < 1.29 is 0 Å². The predicted molar refractivity (Wildman–Crippen MR) is 88.7 cm³/mol. The highest BCUT2D eigenvalue weighted by atomic mass is 15.3. The fourth-order valence-electron chi connectivity index (χ4n) is 2.78. The van der Waals surface area contributed by atoms with E-state index in [2.05, 4.69) is 44.5 Å². The van der Waals surface area contributed by atoms with E-state index in [1.165, 1.54) is 25.9 Å². The van der Waals surface area contributed by atoms with E-state index in [0.29, 0.717) is 6.54 Å². The molecule has 1 saturated heterocycles. The van der Waals surface area contributed by atoms with Crippen LogP contribution in [0.1, 0.15) is 32.5 Å². The number of likely N-dealkylation sites (tertiary alicyclic amines) is 1. The van der Waals surface area contributed by atoms with Gasteiger partial charge >= 0.3 is 0 Å². The maximum atomic E-state index is 4.57. The smallest absolute Gasteiger partial charge is 0.191 e. The largest absolute Gasteiger partial charge is 0.357 e. The molecular weight excluding hydrogens is 278 g/mol. The molecule has 22 heavy (non-hydrogen) atoms. The average molecular weight is 307 g/mol. The van der Waals surface area contributed by atoms with Gasteiger partial charge in [0.15, 0.2) is 5.96 Å². The van der Waals surface area contributed by atoms with Crippen molar-refractivity contribution >= 4 is 5.96 Å². The molecule has 0 spiro atoms. The molecule has 0 saturated carbocycles. The Morgan fingerprint density at radius 2 is 2.32 bits per heavy atom. The van der Waals surface area contributed by atoms with Gasteiger partial charge in [-0.1, -0.05) is 6.92 Å². The van der Waals surface area contributed by atoms with Crippen LogP contribution >= 0.6 is 0 Å². The Morgan fingerprint density at radius 1 is 1.45 bits per heavy atom. The van der Waals surface area contributed by atoms with Crippen LogP contribution in [0, 0.1) is 5.92 Å². The summed E-state index contributed by atoms with van der Waals surface area (Å²) in [4.78, 5) is 11.3. The zero-order valence-corrected chi connectivity index (χ0v) is 14.0. The zero-order valence-electron chi connectivity index (χ0n) is 14.0. The third-order valence-electron chi connectivity index (χ3n) is 3.99. The van der Waals surface area contributed by atoms with Crippen molar-refractivity contribution in [1.82, 2.24) is 30.3 Å². The van der Waals surface area contributed by atoms with Crippen LogP contribution in [0.2, 0.25) is 0 Å². The van der Waals surface area contributed by atoms with Crippen molar-refractivity contribution in [1.29, 1.82) is 0 Å². The summed E-state index contributed by atoms with van der Waals surface area (Å²) >= 11 is 0. The summed E-state index contributed by atoms with van der Waals surface area (Å²) in [7, 11) is 1.88. The number of nitrogens with zero attached hydrogens (tertiary/aromatic N) is 5. The number of hydrogen-bond donors (Lipinski definition) is 2. The van der Waals surface area contributed by atoms with Gasteiger partial charge in [0.1, 0.15) is 18.7 Å². The Morgan fingerprint density at radius 3 is 3.00 bits per heavy atom. The van der Waals surface area contributed by atoms with E-state index < -0.39 is 0 Å². The van der Waals surface area contributed by atoms with Gasteiger partial charge in [0, 0.05) is 33.2 Å². The summed E-state index contributed by atoms with van der Waals surface area (Å²) < 4.78 is 1.75. The summed E-state index contributed by atoms with van der Waals surface area (Å²) in [5, 5.41) is 10.7. The third-order valence-corrected chi connectivity index (χ3v) is 3.99. The number of rotatable bonds is 6. The molecule has 124 valence electrons. The molecular formula is C15H29N7. The van der Waals surface area contributed by atoms with Gasteiger partial charge in [-0.2, -0.15) is 5.10 Å². The molecule has 0 bridgehead atoms. The highest BCUT2D eigenvalue weighted by molar-refractivity contribution is 5.79. The van der Waals surface area contributed by atoms with Gasteiger partial charge in [0.05, 0.1) is 0 Å². The molecule has 0 aliphatic carbocycles. The van der Waals surface area contributed by atoms with Crippen molar-refractivity contribution in [2.24, 2.45) is 18.0 Å². The SMILES string of the molecule is CCNC(=NCc1ncnn1C)NCCN1CCCC(C)C1. The topological polar surface area (TPSA) is 70.4 Å². The normalized spacial score (nSPS) is 20.1. The summed E-state index contributed by atoms with van der Waals surface area (Å²) in [5.74, 6) is 2.53. The van der Waals surface area contributed by atoms with Crippen molar-refractivity contribution in [3.63, 3.8) is 0 Å². The molecule has 2 rings (SSSR count). The van der Waals surface area contributed by atoms with E-state index in [4.69, 9.17) is 0 Å². The number of nitrogens with one attached hydrogen (secondary N) is 2. The average Bonchev–Trinajstić information content (AvgIpc) is 2.90. The van der Waals surface area contributed by atoms with Crippen LogP contribution in [0.25, 0.3) is 0 Å².